The van der Waals surface area contributed by atoms with Gasteiger partial charge in [0.15, 0.2) is 5.16 Å². The molecule has 2 aromatic heterocycles. The summed E-state index contributed by atoms with van der Waals surface area (Å²) in [5.74, 6) is 0.674. The van der Waals surface area contributed by atoms with Crippen LogP contribution in [0.5, 0.6) is 0 Å². The molecule has 1 amide bonds. The van der Waals surface area contributed by atoms with Gasteiger partial charge in [0.2, 0.25) is 0 Å². The molecule has 5 nitrogen and oxygen atoms in total. The number of aromatic amines is 1. The van der Waals surface area contributed by atoms with Gasteiger partial charge in [-0.3, -0.25) is 4.79 Å². The first kappa shape index (κ1) is 20.6. The molecule has 0 atom stereocenters. The Morgan fingerprint density at radius 3 is 2.77 bits per heavy atom. The van der Waals surface area contributed by atoms with Gasteiger partial charge < -0.3 is 10.3 Å². The Hall–Kier alpha value is -2.64. The van der Waals surface area contributed by atoms with E-state index >= 15 is 0 Å². The van der Waals surface area contributed by atoms with E-state index in [4.69, 9.17) is 0 Å². The van der Waals surface area contributed by atoms with Crippen molar-refractivity contribution in [3.8, 4) is 0 Å². The Morgan fingerprint density at radius 2 is 1.93 bits per heavy atom. The summed E-state index contributed by atoms with van der Waals surface area (Å²) in [5, 5.41) is 7.18. The number of nitrogens with one attached hydrogen (secondary N) is 2. The van der Waals surface area contributed by atoms with E-state index in [1.165, 1.54) is 5.01 Å². The Labute approximate surface area is 184 Å². The van der Waals surface area contributed by atoms with Gasteiger partial charge in [-0.15, -0.1) is 11.3 Å². The molecule has 0 aliphatic heterocycles. The zero-order valence-electron chi connectivity index (χ0n) is 16.9. The molecule has 0 aliphatic carbocycles. The van der Waals surface area contributed by atoms with Crippen molar-refractivity contribution >= 4 is 40.0 Å². The second kappa shape index (κ2) is 9.91. The van der Waals surface area contributed by atoms with Crippen LogP contribution in [0.25, 0.3) is 11.0 Å². The van der Waals surface area contributed by atoms with Crippen molar-refractivity contribution < 1.29 is 4.79 Å². The number of carbonyl (C=O) groups excluding carboxylic acids is 1. The number of imidazole rings is 1. The number of aromatic nitrogens is 3. The molecule has 4 rings (SSSR count). The highest BCUT2D eigenvalue weighted by Gasteiger charge is 2.12. The third-order valence-electron chi connectivity index (χ3n) is 4.76. The smallest absolute Gasteiger partial charge is 0.251 e. The maximum atomic E-state index is 12.7. The van der Waals surface area contributed by atoms with Crippen molar-refractivity contribution in [3.05, 3.63) is 75.7 Å². The van der Waals surface area contributed by atoms with E-state index < -0.39 is 0 Å². The lowest BCUT2D eigenvalue weighted by Gasteiger charge is -2.09. The van der Waals surface area contributed by atoms with Gasteiger partial charge in [0.1, 0.15) is 0 Å². The lowest BCUT2D eigenvalue weighted by atomic mass is 10.1. The largest absolute Gasteiger partial charge is 0.352 e. The Morgan fingerprint density at radius 1 is 1.10 bits per heavy atom. The summed E-state index contributed by atoms with van der Waals surface area (Å²) >= 11 is 3.32. The first-order valence-electron chi connectivity index (χ1n) is 10.0. The molecule has 0 spiro atoms. The average molecular weight is 437 g/mol. The van der Waals surface area contributed by atoms with Gasteiger partial charge in [-0.2, -0.15) is 0 Å². The molecule has 0 unspecified atom stereocenters. The average Bonchev–Trinajstić information content (AvgIpc) is 3.37. The summed E-state index contributed by atoms with van der Waals surface area (Å²) in [5.41, 5.74) is 4.81. The molecule has 0 fully saturated rings. The third kappa shape index (κ3) is 5.29. The van der Waals surface area contributed by atoms with Crippen LogP contribution in [0.2, 0.25) is 0 Å². The van der Waals surface area contributed by atoms with Crippen molar-refractivity contribution in [2.45, 2.75) is 37.1 Å². The number of H-pyrrole nitrogens is 1. The standard InChI is InChI=1S/C23H24N4OS2/c1-16-14-29-21(25-16)12-6-7-13-24-22(28)18-9-3-2-8-17(18)15-30-23-26-19-10-4-5-11-20(19)27-23/h2-5,8-11,14H,6-7,12-13,15H2,1H3,(H,24,28)(H,26,27). The SMILES string of the molecule is Cc1csc(CCCCNC(=O)c2ccccc2CSc2nc3ccccc3[nH]2)n1. The molecule has 2 aromatic carbocycles. The summed E-state index contributed by atoms with van der Waals surface area (Å²) in [6.07, 6.45) is 2.94. The van der Waals surface area contributed by atoms with Crippen LogP contribution in [-0.4, -0.2) is 27.4 Å². The van der Waals surface area contributed by atoms with Crippen molar-refractivity contribution in [2.24, 2.45) is 0 Å². The first-order chi connectivity index (χ1) is 14.7. The molecule has 0 saturated carbocycles. The van der Waals surface area contributed by atoms with E-state index in [2.05, 4.69) is 25.6 Å². The molecule has 2 N–H and O–H groups in total. The molecule has 154 valence electrons. The van der Waals surface area contributed by atoms with Gasteiger partial charge in [0.05, 0.1) is 16.0 Å². The molecule has 30 heavy (non-hydrogen) atoms. The van der Waals surface area contributed by atoms with Crippen molar-refractivity contribution in [1.29, 1.82) is 0 Å². The number of thiazole rings is 1. The second-order valence-corrected chi connectivity index (χ2v) is 9.01. The molecule has 2 heterocycles. The van der Waals surface area contributed by atoms with Gasteiger partial charge >= 0.3 is 0 Å². The van der Waals surface area contributed by atoms with Crippen LogP contribution in [0.1, 0.15) is 39.5 Å². The van der Waals surface area contributed by atoms with Gasteiger partial charge in [0.25, 0.3) is 5.91 Å². The minimum absolute atomic E-state index is 0.0131. The summed E-state index contributed by atoms with van der Waals surface area (Å²) in [6, 6.07) is 15.8. The molecule has 7 heteroatoms. The van der Waals surface area contributed by atoms with E-state index in [0.29, 0.717) is 12.3 Å². The first-order valence-corrected chi connectivity index (χ1v) is 11.9. The topological polar surface area (TPSA) is 70.7 Å². The fourth-order valence-electron chi connectivity index (χ4n) is 3.23. The van der Waals surface area contributed by atoms with Gasteiger partial charge in [-0.25, -0.2) is 9.97 Å². The maximum absolute atomic E-state index is 12.7. The van der Waals surface area contributed by atoms with E-state index in [9.17, 15) is 4.79 Å². The number of benzene rings is 2. The number of thioether (sulfide) groups is 1. The van der Waals surface area contributed by atoms with Crippen LogP contribution in [0.4, 0.5) is 0 Å². The Bertz CT molecular complexity index is 1100. The zero-order valence-corrected chi connectivity index (χ0v) is 18.5. The fourth-order valence-corrected chi connectivity index (χ4v) is 4.93. The summed E-state index contributed by atoms with van der Waals surface area (Å²) in [6.45, 7) is 2.69. The van der Waals surface area contributed by atoms with Gasteiger partial charge in [0, 0.05) is 28.9 Å². The van der Waals surface area contributed by atoms with Gasteiger partial charge in [-0.1, -0.05) is 42.1 Å². The fraction of sp³-hybridized carbons (Fsp3) is 0.261. The summed E-state index contributed by atoms with van der Waals surface area (Å²) in [4.78, 5) is 25.1. The monoisotopic (exact) mass is 436 g/mol. The van der Waals surface area contributed by atoms with Crippen molar-refractivity contribution in [3.63, 3.8) is 0 Å². The molecule has 0 aliphatic rings. The number of rotatable bonds is 9. The van der Waals surface area contributed by atoms with Gasteiger partial charge in [-0.05, 0) is 49.9 Å². The van der Waals surface area contributed by atoms with E-state index in [-0.39, 0.29) is 5.91 Å². The minimum atomic E-state index is -0.0131. The predicted octanol–water partition coefficient (Wildman–Crippen LogP) is 5.37. The molecule has 0 radical (unpaired) electrons. The molecule has 0 bridgehead atoms. The summed E-state index contributed by atoms with van der Waals surface area (Å²) < 4.78 is 0. The number of fused-ring (bicyclic) bond motifs is 1. The highest BCUT2D eigenvalue weighted by Crippen LogP contribution is 2.24. The quantitative estimate of drug-likeness (QED) is 0.273. The highest BCUT2D eigenvalue weighted by atomic mass is 32.2. The van der Waals surface area contributed by atoms with Crippen LogP contribution < -0.4 is 5.32 Å². The minimum Gasteiger partial charge on any atom is -0.352 e. The van der Waals surface area contributed by atoms with Crippen molar-refractivity contribution in [2.75, 3.05) is 6.54 Å². The number of aryl methyl sites for hydroxylation is 2. The lowest BCUT2D eigenvalue weighted by Crippen LogP contribution is -2.25. The second-order valence-electron chi connectivity index (χ2n) is 7.10. The number of amides is 1. The molecular weight excluding hydrogens is 412 g/mol. The third-order valence-corrected chi connectivity index (χ3v) is 6.71. The van der Waals surface area contributed by atoms with E-state index in [1.54, 1.807) is 23.1 Å². The predicted molar refractivity (Wildman–Crippen MR) is 124 cm³/mol. The molecule has 4 aromatic rings. The van der Waals surface area contributed by atoms with Crippen LogP contribution in [0.3, 0.4) is 0 Å². The normalized spacial score (nSPS) is 11.1. The van der Waals surface area contributed by atoms with E-state index in [0.717, 1.165) is 52.3 Å². The Balaban J connectivity index is 1.29. The number of nitrogens with zero attached hydrogens (tertiary/aromatic N) is 2. The molecule has 0 saturated heterocycles. The lowest BCUT2D eigenvalue weighted by molar-refractivity contribution is 0.0952. The number of carbonyl (C=O) groups is 1. The zero-order chi connectivity index (χ0) is 20.8. The van der Waals surface area contributed by atoms with E-state index in [1.807, 2.05) is 55.5 Å². The van der Waals surface area contributed by atoms with Crippen LogP contribution in [-0.2, 0) is 12.2 Å². The summed E-state index contributed by atoms with van der Waals surface area (Å²) in [7, 11) is 0. The van der Waals surface area contributed by atoms with Crippen LogP contribution >= 0.6 is 23.1 Å². The Kier molecular flexibility index (Phi) is 6.81. The number of para-hydroxylation sites is 2. The maximum Gasteiger partial charge on any atom is 0.251 e. The molecular formula is C23H24N4OS2. The number of hydrogen-bond acceptors (Lipinski definition) is 5. The number of hydrogen-bond donors (Lipinski definition) is 2. The van der Waals surface area contributed by atoms with Crippen LogP contribution in [0.15, 0.2) is 59.1 Å². The highest BCUT2D eigenvalue weighted by molar-refractivity contribution is 7.98. The van der Waals surface area contributed by atoms with Crippen molar-refractivity contribution in [1.82, 2.24) is 20.3 Å². The number of unbranched alkanes of at least 4 members (excludes halogenated alkanes) is 1. The van der Waals surface area contributed by atoms with Crippen LogP contribution in [0, 0.1) is 6.92 Å².